The summed E-state index contributed by atoms with van der Waals surface area (Å²) in [6.07, 6.45) is 5.04. The van der Waals surface area contributed by atoms with E-state index in [1.165, 1.54) is 7.11 Å². The van der Waals surface area contributed by atoms with Crippen molar-refractivity contribution in [1.82, 2.24) is 10.3 Å². The van der Waals surface area contributed by atoms with Crippen molar-refractivity contribution in [3.05, 3.63) is 54.4 Å². The average Bonchev–Trinajstić information content (AvgIpc) is 2.83. The van der Waals surface area contributed by atoms with Gasteiger partial charge < -0.3 is 24.8 Å². The number of benzene rings is 1. The van der Waals surface area contributed by atoms with Crippen molar-refractivity contribution >= 4 is 29.5 Å². The number of aromatic nitrogens is 1. The third kappa shape index (κ3) is 7.96. The molecule has 0 saturated heterocycles. The van der Waals surface area contributed by atoms with Crippen molar-refractivity contribution in [1.29, 1.82) is 0 Å². The zero-order valence-electron chi connectivity index (χ0n) is 21.8. The lowest BCUT2D eigenvalue weighted by molar-refractivity contribution is -0.143. The predicted molar refractivity (Wildman–Crippen MR) is 140 cm³/mol. The molecule has 1 aromatic heterocycles. The minimum absolute atomic E-state index is 0.243. The first-order chi connectivity index (χ1) is 17.6. The normalized spacial score (nSPS) is 18.0. The second kappa shape index (κ2) is 12.2. The van der Waals surface area contributed by atoms with Crippen LogP contribution in [0.5, 0.6) is 0 Å². The van der Waals surface area contributed by atoms with E-state index in [1.807, 2.05) is 30.4 Å². The second-order valence-corrected chi connectivity index (χ2v) is 9.44. The molecule has 3 N–H and O–H groups in total. The molecule has 0 radical (unpaired) electrons. The van der Waals surface area contributed by atoms with Gasteiger partial charge in [-0.1, -0.05) is 18.2 Å². The summed E-state index contributed by atoms with van der Waals surface area (Å²) >= 11 is 0. The van der Waals surface area contributed by atoms with Crippen LogP contribution in [0.3, 0.4) is 0 Å². The summed E-state index contributed by atoms with van der Waals surface area (Å²) in [6, 6.07) is 7.87. The Bertz CT molecular complexity index is 1160. The first-order valence-corrected chi connectivity index (χ1v) is 12.1. The summed E-state index contributed by atoms with van der Waals surface area (Å²) in [6.45, 7) is 7.40. The summed E-state index contributed by atoms with van der Waals surface area (Å²) in [5, 5.41) is 8.84. The third-order valence-corrected chi connectivity index (χ3v) is 5.40. The summed E-state index contributed by atoms with van der Waals surface area (Å²) < 4.78 is 15.4. The molecule has 3 rings (SSSR count). The van der Waals surface area contributed by atoms with Crippen LogP contribution < -0.4 is 16.0 Å². The van der Waals surface area contributed by atoms with Crippen molar-refractivity contribution in [2.45, 2.75) is 58.2 Å². The standard InChI is InChI=1S/C27H34N4O6/c1-6-36-24(32)21-10-8-7-9-20(31-26(34)37-27(2,3)4)23-15-17(13-14-28-23)19-12-11-18(16-22(19)30-21)29-25(33)35-5/h7-8,11-16,20-21,30H,6,9-10H2,1-5H3,(H,29,33)(H,31,34)/b8-7+/t20-,21+/m0/s1. The van der Waals surface area contributed by atoms with E-state index in [9.17, 15) is 14.4 Å². The third-order valence-electron chi connectivity index (χ3n) is 5.40. The van der Waals surface area contributed by atoms with E-state index in [1.54, 1.807) is 46.0 Å². The Hall–Kier alpha value is -4.08. The Balaban J connectivity index is 2.06. The zero-order valence-corrected chi connectivity index (χ0v) is 21.8. The van der Waals surface area contributed by atoms with Crippen LogP contribution >= 0.6 is 0 Å². The fourth-order valence-electron chi connectivity index (χ4n) is 3.78. The highest BCUT2D eigenvalue weighted by molar-refractivity contribution is 5.90. The van der Waals surface area contributed by atoms with Crippen molar-refractivity contribution in [2.24, 2.45) is 0 Å². The SMILES string of the molecule is CCOC(=O)[C@H]1C/C=C/C[C@H](NC(=O)OC(C)(C)C)c2cc(ccn2)-c2ccc(NC(=O)OC)cc2N1. The van der Waals surface area contributed by atoms with Crippen molar-refractivity contribution in [3.63, 3.8) is 0 Å². The van der Waals surface area contributed by atoms with E-state index in [2.05, 4.69) is 20.9 Å². The topological polar surface area (TPSA) is 128 Å². The fraction of sp³-hybridized carbons (Fsp3) is 0.407. The molecule has 1 aromatic carbocycles. The number of esters is 1. The van der Waals surface area contributed by atoms with Gasteiger partial charge in [-0.2, -0.15) is 0 Å². The van der Waals surface area contributed by atoms with Crippen LogP contribution in [0.4, 0.5) is 21.0 Å². The number of hydrogen-bond acceptors (Lipinski definition) is 8. The molecule has 2 amide bonds. The first-order valence-electron chi connectivity index (χ1n) is 12.1. The van der Waals surface area contributed by atoms with Crippen molar-refractivity contribution in [2.75, 3.05) is 24.4 Å². The van der Waals surface area contributed by atoms with Crippen LogP contribution in [-0.2, 0) is 19.0 Å². The molecule has 2 bridgehead atoms. The highest BCUT2D eigenvalue weighted by Gasteiger charge is 2.24. The van der Waals surface area contributed by atoms with E-state index >= 15 is 0 Å². The Kier molecular flexibility index (Phi) is 9.10. The number of ether oxygens (including phenoxy) is 3. The molecule has 10 nitrogen and oxygen atoms in total. The van der Waals surface area contributed by atoms with Crippen LogP contribution in [0.15, 0.2) is 48.7 Å². The van der Waals surface area contributed by atoms with Gasteiger partial charge in [-0.3, -0.25) is 10.3 Å². The molecule has 0 spiro atoms. The monoisotopic (exact) mass is 510 g/mol. The molecule has 0 fully saturated rings. The fourth-order valence-corrected chi connectivity index (χ4v) is 3.78. The van der Waals surface area contributed by atoms with E-state index in [-0.39, 0.29) is 6.61 Å². The maximum atomic E-state index is 12.8. The molecular weight excluding hydrogens is 476 g/mol. The number of carbonyl (C=O) groups excluding carboxylic acids is 3. The molecule has 1 aliphatic heterocycles. The molecular formula is C27H34N4O6. The van der Waals surface area contributed by atoms with Crippen LogP contribution in [0.25, 0.3) is 11.1 Å². The zero-order chi connectivity index (χ0) is 27.0. The number of fused-ring (bicyclic) bond motifs is 4. The summed E-state index contributed by atoms with van der Waals surface area (Å²) in [5.41, 5.74) is 2.68. The van der Waals surface area contributed by atoms with Crippen LogP contribution in [0.2, 0.25) is 0 Å². The molecule has 0 unspecified atom stereocenters. The molecule has 2 heterocycles. The Morgan fingerprint density at radius 1 is 1.08 bits per heavy atom. The summed E-state index contributed by atoms with van der Waals surface area (Å²) in [7, 11) is 1.28. The van der Waals surface area contributed by atoms with Gasteiger partial charge in [0, 0.05) is 23.1 Å². The van der Waals surface area contributed by atoms with Crippen molar-refractivity contribution < 1.29 is 28.6 Å². The molecule has 1 aliphatic rings. The number of rotatable bonds is 4. The van der Waals surface area contributed by atoms with Crippen molar-refractivity contribution in [3.8, 4) is 11.1 Å². The summed E-state index contributed by atoms with van der Waals surface area (Å²) in [4.78, 5) is 41.6. The van der Waals surface area contributed by atoms with Crippen LogP contribution in [0, 0.1) is 0 Å². The van der Waals surface area contributed by atoms with Crippen LogP contribution in [0.1, 0.15) is 52.3 Å². The van der Waals surface area contributed by atoms with Gasteiger partial charge in [0.2, 0.25) is 0 Å². The Morgan fingerprint density at radius 3 is 2.54 bits per heavy atom. The van der Waals surface area contributed by atoms with Gasteiger partial charge >= 0.3 is 18.2 Å². The Morgan fingerprint density at radius 2 is 1.84 bits per heavy atom. The number of carbonyl (C=O) groups is 3. The minimum Gasteiger partial charge on any atom is -0.464 e. The quantitative estimate of drug-likeness (QED) is 0.291. The number of methoxy groups -OCH3 is 1. The van der Waals surface area contributed by atoms with E-state index < -0.39 is 35.8 Å². The van der Waals surface area contributed by atoms with Gasteiger partial charge in [0.15, 0.2) is 0 Å². The molecule has 198 valence electrons. The number of amides is 2. The maximum Gasteiger partial charge on any atom is 0.411 e. The number of hydrogen-bond donors (Lipinski definition) is 3. The van der Waals surface area contributed by atoms with Gasteiger partial charge in [0.05, 0.1) is 25.5 Å². The van der Waals surface area contributed by atoms with Gasteiger partial charge in [-0.05, 0) is 70.4 Å². The highest BCUT2D eigenvalue weighted by atomic mass is 16.6. The second-order valence-electron chi connectivity index (χ2n) is 9.44. The first kappa shape index (κ1) is 27.5. The molecule has 10 heteroatoms. The molecule has 0 aliphatic carbocycles. The Labute approximate surface area is 216 Å². The maximum absolute atomic E-state index is 12.8. The number of alkyl carbamates (subject to hydrolysis) is 1. The lowest BCUT2D eigenvalue weighted by atomic mass is 9.99. The molecule has 2 aromatic rings. The smallest absolute Gasteiger partial charge is 0.411 e. The van der Waals surface area contributed by atoms with E-state index in [4.69, 9.17) is 14.2 Å². The number of pyridine rings is 1. The largest absolute Gasteiger partial charge is 0.464 e. The van der Waals surface area contributed by atoms with Gasteiger partial charge in [-0.25, -0.2) is 14.4 Å². The van der Waals surface area contributed by atoms with E-state index in [0.717, 1.165) is 11.1 Å². The van der Waals surface area contributed by atoms with E-state index in [0.29, 0.717) is 29.9 Å². The summed E-state index contributed by atoms with van der Waals surface area (Å²) in [5.74, 6) is -0.402. The lowest BCUT2D eigenvalue weighted by Crippen LogP contribution is -2.35. The van der Waals surface area contributed by atoms with Crippen LogP contribution in [-0.4, -0.2) is 48.5 Å². The lowest BCUT2D eigenvalue weighted by Gasteiger charge is -2.24. The predicted octanol–water partition coefficient (Wildman–Crippen LogP) is 5.19. The number of nitrogens with one attached hydrogen (secondary N) is 3. The van der Waals surface area contributed by atoms with Gasteiger partial charge in [0.25, 0.3) is 0 Å². The molecule has 37 heavy (non-hydrogen) atoms. The molecule has 2 atom stereocenters. The molecule has 0 saturated carbocycles. The van der Waals surface area contributed by atoms with Gasteiger partial charge in [0.1, 0.15) is 11.6 Å². The van der Waals surface area contributed by atoms with Gasteiger partial charge in [-0.15, -0.1) is 0 Å². The number of anilines is 2. The minimum atomic E-state index is -0.679. The average molecular weight is 511 g/mol. The highest BCUT2D eigenvalue weighted by Crippen LogP contribution is 2.33. The number of nitrogens with zero attached hydrogens (tertiary/aromatic N) is 1.